The summed E-state index contributed by atoms with van der Waals surface area (Å²) >= 11 is 0. The molecule has 0 bridgehead atoms. The van der Waals surface area contributed by atoms with Crippen LogP contribution in [0.5, 0.6) is 0 Å². The van der Waals surface area contributed by atoms with E-state index in [4.69, 9.17) is 0 Å². The third-order valence-corrected chi connectivity index (χ3v) is 8.76. The molecule has 4 heteroatoms. The van der Waals surface area contributed by atoms with Gasteiger partial charge in [0.2, 0.25) is 0 Å². The van der Waals surface area contributed by atoms with E-state index >= 15 is 0 Å². The number of hydrogen-bond donors (Lipinski definition) is 2. The van der Waals surface area contributed by atoms with E-state index in [1.54, 1.807) is 0 Å². The smallest absolute Gasteiger partial charge is 0.0799 e. The highest BCUT2D eigenvalue weighted by Gasteiger charge is 2.58. The molecule has 0 radical (unpaired) electrons. The molecule has 4 aliphatic carbocycles. The van der Waals surface area contributed by atoms with Crippen LogP contribution in [0.25, 0.3) is 0 Å². The van der Waals surface area contributed by atoms with Crippen molar-refractivity contribution in [1.29, 1.82) is 0 Å². The van der Waals surface area contributed by atoms with E-state index in [2.05, 4.69) is 30.2 Å². The molecule has 3 fully saturated rings. The SMILES string of the molecule is C/C(=N\O)C1=CC[C@@H]2[C@@H]3CC[C@H]4C/C(=N/O)CC[C@]4(C)[C@@H]3CC[C@]12C. The summed E-state index contributed by atoms with van der Waals surface area (Å²) < 4.78 is 0. The Morgan fingerprint density at radius 2 is 1.92 bits per heavy atom. The van der Waals surface area contributed by atoms with Crippen LogP contribution < -0.4 is 0 Å². The molecule has 0 aromatic rings. The molecule has 138 valence electrons. The van der Waals surface area contributed by atoms with Crippen molar-refractivity contribution in [2.75, 3.05) is 0 Å². The Labute approximate surface area is 151 Å². The van der Waals surface area contributed by atoms with E-state index in [-0.39, 0.29) is 5.41 Å². The Balaban J connectivity index is 1.61. The van der Waals surface area contributed by atoms with Gasteiger partial charge in [-0.1, -0.05) is 30.2 Å². The molecule has 0 aromatic carbocycles. The summed E-state index contributed by atoms with van der Waals surface area (Å²) in [6, 6.07) is 0. The van der Waals surface area contributed by atoms with Gasteiger partial charge in [-0.05, 0) is 98.4 Å². The van der Waals surface area contributed by atoms with Crippen LogP contribution in [0.1, 0.15) is 72.1 Å². The van der Waals surface area contributed by atoms with Crippen LogP contribution in [-0.4, -0.2) is 21.8 Å². The van der Waals surface area contributed by atoms with Crippen LogP contribution in [0.15, 0.2) is 22.0 Å². The monoisotopic (exact) mass is 344 g/mol. The van der Waals surface area contributed by atoms with Crippen molar-refractivity contribution in [1.82, 2.24) is 0 Å². The summed E-state index contributed by atoms with van der Waals surface area (Å²) in [5.74, 6) is 2.97. The molecule has 6 atom stereocenters. The first-order valence-corrected chi connectivity index (χ1v) is 10.0. The third kappa shape index (κ3) is 2.32. The zero-order valence-corrected chi connectivity index (χ0v) is 15.8. The average molecular weight is 344 g/mol. The minimum absolute atomic E-state index is 0.188. The molecular weight excluding hydrogens is 312 g/mol. The predicted molar refractivity (Wildman–Crippen MR) is 99.3 cm³/mol. The molecule has 4 nitrogen and oxygen atoms in total. The van der Waals surface area contributed by atoms with Gasteiger partial charge in [-0.25, -0.2) is 0 Å². The molecule has 0 unspecified atom stereocenters. The summed E-state index contributed by atoms with van der Waals surface area (Å²) in [5, 5.41) is 25.6. The van der Waals surface area contributed by atoms with Gasteiger partial charge < -0.3 is 10.4 Å². The Hall–Kier alpha value is -1.32. The van der Waals surface area contributed by atoms with Crippen molar-refractivity contribution in [2.24, 2.45) is 44.8 Å². The summed E-state index contributed by atoms with van der Waals surface area (Å²) in [5.41, 5.74) is 3.71. The maximum absolute atomic E-state index is 9.29. The lowest BCUT2D eigenvalue weighted by Crippen LogP contribution is -2.53. The van der Waals surface area contributed by atoms with Gasteiger partial charge in [0.15, 0.2) is 0 Å². The summed E-state index contributed by atoms with van der Waals surface area (Å²) in [7, 11) is 0. The van der Waals surface area contributed by atoms with Gasteiger partial charge in [-0.15, -0.1) is 0 Å². The highest BCUT2D eigenvalue weighted by atomic mass is 16.4. The Kier molecular flexibility index (Phi) is 4.01. The van der Waals surface area contributed by atoms with Gasteiger partial charge >= 0.3 is 0 Å². The van der Waals surface area contributed by atoms with Gasteiger partial charge in [-0.3, -0.25) is 0 Å². The van der Waals surface area contributed by atoms with Crippen LogP contribution >= 0.6 is 0 Å². The first-order chi connectivity index (χ1) is 11.9. The molecule has 4 rings (SSSR count). The van der Waals surface area contributed by atoms with Gasteiger partial charge in [0.25, 0.3) is 0 Å². The standard InChI is InChI=1S/C21H32N2O2/c1-13(22-24)17-6-7-18-16-5-4-14-12-15(23-25)8-10-20(14,2)19(16)9-11-21(17,18)3/h6,14,16,18-19,24-25H,4-5,7-12H2,1-3H3/b22-13+,23-15+/t14-,16-,18+,19+,20-,21+/m0/s1. The number of hydrogen-bond acceptors (Lipinski definition) is 4. The van der Waals surface area contributed by atoms with Crippen LogP contribution in [0.2, 0.25) is 0 Å². The summed E-state index contributed by atoms with van der Waals surface area (Å²) in [6.07, 6.45) is 11.7. The molecule has 2 N–H and O–H groups in total. The van der Waals surface area contributed by atoms with E-state index in [0.29, 0.717) is 17.3 Å². The van der Waals surface area contributed by atoms with Crippen LogP contribution in [0, 0.1) is 34.5 Å². The summed E-state index contributed by atoms with van der Waals surface area (Å²) in [6.45, 7) is 6.88. The lowest BCUT2D eigenvalue weighted by molar-refractivity contribution is -0.0866. The molecule has 0 aromatic heterocycles. The van der Waals surface area contributed by atoms with E-state index in [0.717, 1.165) is 42.5 Å². The normalized spacial score (nSPS) is 48.5. The van der Waals surface area contributed by atoms with Crippen molar-refractivity contribution >= 4 is 11.4 Å². The molecule has 0 spiro atoms. The fraction of sp³-hybridized carbons (Fsp3) is 0.810. The minimum Gasteiger partial charge on any atom is -0.411 e. The molecule has 3 saturated carbocycles. The fourth-order valence-electron chi connectivity index (χ4n) is 7.33. The van der Waals surface area contributed by atoms with Gasteiger partial charge in [0.05, 0.1) is 11.4 Å². The van der Waals surface area contributed by atoms with E-state index in [1.807, 2.05) is 6.92 Å². The Morgan fingerprint density at radius 1 is 1.12 bits per heavy atom. The second-order valence-corrected chi connectivity index (χ2v) is 9.52. The highest BCUT2D eigenvalue weighted by Crippen LogP contribution is 2.66. The molecule has 25 heavy (non-hydrogen) atoms. The second kappa shape index (κ2) is 5.85. The number of oxime groups is 2. The zero-order chi connectivity index (χ0) is 17.8. The molecular formula is C21H32N2O2. The average Bonchev–Trinajstić information content (AvgIpc) is 2.97. The first-order valence-electron chi connectivity index (χ1n) is 10.0. The van der Waals surface area contributed by atoms with Crippen LogP contribution in [0.4, 0.5) is 0 Å². The lowest BCUT2D eigenvalue weighted by Gasteiger charge is -2.60. The van der Waals surface area contributed by atoms with Crippen molar-refractivity contribution in [3.8, 4) is 0 Å². The van der Waals surface area contributed by atoms with Gasteiger partial charge in [0.1, 0.15) is 0 Å². The highest BCUT2D eigenvalue weighted by molar-refractivity contribution is 5.99. The predicted octanol–water partition coefficient (Wildman–Crippen LogP) is 5.25. The summed E-state index contributed by atoms with van der Waals surface area (Å²) in [4.78, 5) is 0. The lowest BCUT2D eigenvalue weighted by atomic mass is 9.44. The number of allylic oxidation sites excluding steroid dienone is 2. The largest absolute Gasteiger partial charge is 0.411 e. The zero-order valence-electron chi connectivity index (χ0n) is 15.8. The third-order valence-electron chi connectivity index (χ3n) is 8.76. The van der Waals surface area contributed by atoms with E-state index in [1.165, 1.54) is 37.7 Å². The van der Waals surface area contributed by atoms with Crippen LogP contribution in [-0.2, 0) is 0 Å². The molecule has 0 heterocycles. The first kappa shape index (κ1) is 17.1. The Bertz CT molecular complexity index is 652. The quantitative estimate of drug-likeness (QED) is 0.388. The maximum atomic E-state index is 9.29. The minimum atomic E-state index is 0.188. The number of nitrogens with zero attached hydrogens (tertiary/aromatic N) is 2. The molecule has 0 amide bonds. The van der Waals surface area contributed by atoms with E-state index in [9.17, 15) is 10.4 Å². The topological polar surface area (TPSA) is 65.2 Å². The molecule has 0 aliphatic heterocycles. The van der Waals surface area contributed by atoms with E-state index < -0.39 is 0 Å². The Morgan fingerprint density at radius 3 is 2.64 bits per heavy atom. The second-order valence-electron chi connectivity index (χ2n) is 9.52. The van der Waals surface area contributed by atoms with Crippen molar-refractivity contribution < 1.29 is 10.4 Å². The van der Waals surface area contributed by atoms with Crippen LogP contribution in [0.3, 0.4) is 0 Å². The number of rotatable bonds is 1. The van der Waals surface area contributed by atoms with Crippen molar-refractivity contribution in [2.45, 2.75) is 72.1 Å². The van der Waals surface area contributed by atoms with Crippen molar-refractivity contribution in [3.63, 3.8) is 0 Å². The van der Waals surface area contributed by atoms with Crippen molar-refractivity contribution in [3.05, 3.63) is 11.6 Å². The molecule has 0 saturated heterocycles. The fourth-order valence-corrected chi connectivity index (χ4v) is 7.33. The maximum Gasteiger partial charge on any atom is 0.0799 e. The molecule has 4 aliphatic rings. The number of fused-ring (bicyclic) bond motifs is 5. The van der Waals surface area contributed by atoms with Gasteiger partial charge in [-0.2, -0.15) is 0 Å². The van der Waals surface area contributed by atoms with Gasteiger partial charge in [0, 0.05) is 0 Å².